The molecule has 6 heteroatoms. The maximum atomic E-state index is 12.9. The minimum atomic E-state index is -4.41. The fourth-order valence-electron chi connectivity index (χ4n) is 2.31. The number of nitrogens with zero attached hydrogens (tertiary/aromatic N) is 1. The topological polar surface area (TPSA) is 3.24 Å². The zero-order chi connectivity index (χ0) is 13.5. The van der Waals surface area contributed by atoms with Crippen molar-refractivity contribution in [1.82, 2.24) is 0 Å². The number of anilines is 1. The predicted octanol–water partition coefficient (Wildman–Crippen LogP) is 4.92. The summed E-state index contributed by atoms with van der Waals surface area (Å²) in [6, 6.07) is 0.902. The van der Waals surface area contributed by atoms with Crippen molar-refractivity contribution < 1.29 is 13.2 Å². The van der Waals surface area contributed by atoms with Gasteiger partial charge in [-0.15, -0.1) is 0 Å². The molecule has 0 aromatic heterocycles. The quantitative estimate of drug-likeness (QED) is 0.711. The van der Waals surface area contributed by atoms with Crippen LogP contribution in [-0.2, 0) is 6.18 Å². The molecule has 0 spiro atoms. The third-order valence-electron chi connectivity index (χ3n) is 3.18. The van der Waals surface area contributed by atoms with Crippen LogP contribution in [0.25, 0.3) is 0 Å². The van der Waals surface area contributed by atoms with Crippen LogP contribution in [0, 0.1) is 6.92 Å². The van der Waals surface area contributed by atoms with Crippen LogP contribution in [0.2, 0.25) is 10.0 Å². The van der Waals surface area contributed by atoms with Gasteiger partial charge in [0.2, 0.25) is 0 Å². The highest BCUT2D eigenvalue weighted by atomic mass is 35.5. The van der Waals surface area contributed by atoms with E-state index in [1.54, 1.807) is 0 Å². The predicted molar refractivity (Wildman–Crippen MR) is 67.6 cm³/mol. The average molecular weight is 298 g/mol. The van der Waals surface area contributed by atoms with Gasteiger partial charge in [0, 0.05) is 13.1 Å². The summed E-state index contributed by atoms with van der Waals surface area (Å²) in [6.07, 6.45) is -2.49. The Morgan fingerprint density at radius 1 is 1.17 bits per heavy atom. The van der Waals surface area contributed by atoms with E-state index in [0.29, 0.717) is 5.69 Å². The highest BCUT2D eigenvalue weighted by Crippen LogP contribution is 2.44. The molecule has 1 aromatic rings. The van der Waals surface area contributed by atoms with E-state index in [1.165, 1.54) is 6.92 Å². The molecule has 0 amide bonds. The lowest BCUT2D eigenvalue weighted by Crippen LogP contribution is -2.21. The van der Waals surface area contributed by atoms with E-state index >= 15 is 0 Å². The summed E-state index contributed by atoms with van der Waals surface area (Å²) < 4.78 is 38.7. The lowest BCUT2D eigenvalue weighted by molar-refractivity contribution is -0.138. The van der Waals surface area contributed by atoms with Crippen LogP contribution in [-0.4, -0.2) is 13.1 Å². The van der Waals surface area contributed by atoms with Crippen molar-refractivity contribution in [2.24, 2.45) is 0 Å². The molecule has 2 rings (SSSR count). The Balaban J connectivity index is 2.60. The summed E-state index contributed by atoms with van der Waals surface area (Å²) in [6.45, 7) is 2.88. The van der Waals surface area contributed by atoms with Crippen molar-refractivity contribution >= 4 is 28.9 Å². The Bertz CT molecular complexity index is 465. The second-order valence-electron chi connectivity index (χ2n) is 4.39. The first-order valence-electron chi connectivity index (χ1n) is 5.63. The Morgan fingerprint density at radius 3 is 2.22 bits per heavy atom. The van der Waals surface area contributed by atoms with Crippen LogP contribution in [0.5, 0.6) is 0 Å². The summed E-state index contributed by atoms with van der Waals surface area (Å²) in [5.74, 6) is 0. The highest BCUT2D eigenvalue weighted by molar-refractivity contribution is 6.44. The third kappa shape index (κ3) is 2.41. The smallest absolute Gasteiger partial charge is 0.370 e. The SMILES string of the molecule is Cc1c(C(F)(F)F)cc(Cl)c(Cl)c1N1CCCC1. The van der Waals surface area contributed by atoms with Gasteiger partial charge in [0.25, 0.3) is 0 Å². The molecular weight excluding hydrogens is 286 g/mol. The van der Waals surface area contributed by atoms with Gasteiger partial charge in [0.15, 0.2) is 0 Å². The van der Waals surface area contributed by atoms with Crippen molar-refractivity contribution in [3.05, 3.63) is 27.2 Å². The molecule has 1 aliphatic rings. The van der Waals surface area contributed by atoms with Crippen molar-refractivity contribution in [1.29, 1.82) is 0 Å². The maximum Gasteiger partial charge on any atom is 0.416 e. The van der Waals surface area contributed by atoms with Crippen LogP contribution >= 0.6 is 23.2 Å². The van der Waals surface area contributed by atoms with E-state index in [1.807, 2.05) is 4.90 Å². The molecule has 0 aliphatic carbocycles. The minimum absolute atomic E-state index is 0.0449. The van der Waals surface area contributed by atoms with Crippen LogP contribution in [0.3, 0.4) is 0 Å². The summed E-state index contributed by atoms with van der Waals surface area (Å²) in [5.41, 5.74) is -0.133. The number of hydrogen-bond donors (Lipinski definition) is 0. The molecule has 1 nitrogen and oxygen atoms in total. The van der Waals surface area contributed by atoms with Gasteiger partial charge < -0.3 is 4.90 Å². The lowest BCUT2D eigenvalue weighted by atomic mass is 10.1. The van der Waals surface area contributed by atoms with Crippen molar-refractivity contribution in [3.8, 4) is 0 Å². The van der Waals surface area contributed by atoms with Gasteiger partial charge in [0.05, 0.1) is 21.3 Å². The number of hydrogen-bond acceptors (Lipinski definition) is 1. The summed E-state index contributed by atoms with van der Waals surface area (Å²) in [4.78, 5) is 1.87. The lowest BCUT2D eigenvalue weighted by Gasteiger charge is -2.24. The molecule has 1 heterocycles. The summed E-state index contributed by atoms with van der Waals surface area (Å²) in [5, 5.41) is 0.167. The molecule has 1 saturated heterocycles. The van der Waals surface area contributed by atoms with Crippen LogP contribution in [0.15, 0.2) is 6.07 Å². The second-order valence-corrected chi connectivity index (χ2v) is 5.17. The molecule has 1 aliphatic heterocycles. The Hall–Kier alpha value is -0.610. The second kappa shape index (κ2) is 4.82. The molecular formula is C12H12Cl2F3N. The first kappa shape index (κ1) is 13.8. The fraction of sp³-hybridized carbons (Fsp3) is 0.500. The summed E-state index contributed by atoms with van der Waals surface area (Å²) >= 11 is 11.9. The van der Waals surface area contributed by atoms with Crippen LogP contribution in [0.1, 0.15) is 24.0 Å². The largest absolute Gasteiger partial charge is 0.416 e. The molecule has 1 aromatic carbocycles. The average Bonchev–Trinajstić information content (AvgIpc) is 2.75. The maximum absolute atomic E-state index is 12.9. The normalized spacial score (nSPS) is 16.4. The van der Waals surface area contributed by atoms with Crippen molar-refractivity contribution in [3.63, 3.8) is 0 Å². The molecule has 0 bridgehead atoms. The van der Waals surface area contributed by atoms with E-state index in [-0.39, 0.29) is 15.6 Å². The minimum Gasteiger partial charge on any atom is -0.370 e. The monoisotopic (exact) mass is 297 g/mol. The molecule has 100 valence electrons. The van der Waals surface area contributed by atoms with Gasteiger partial charge >= 0.3 is 6.18 Å². The van der Waals surface area contributed by atoms with E-state index in [4.69, 9.17) is 23.2 Å². The molecule has 1 fully saturated rings. The van der Waals surface area contributed by atoms with E-state index < -0.39 is 11.7 Å². The molecule has 0 atom stereocenters. The zero-order valence-corrected chi connectivity index (χ0v) is 11.3. The number of rotatable bonds is 1. The van der Waals surface area contributed by atoms with Crippen LogP contribution < -0.4 is 4.90 Å². The number of benzene rings is 1. The van der Waals surface area contributed by atoms with Crippen LogP contribution in [0.4, 0.5) is 18.9 Å². The first-order chi connectivity index (χ1) is 8.32. The van der Waals surface area contributed by atoms with Gasteiger partial charge in [-0.05, 0) is 31.4 Å². The highest BCUT2D eigenvalue weighted by Gasteiger charge is 2.35. The number of halogens is 5. The molecule has 0 saturated carbocycles. The van der Waals surface area contributed by atoms with Crippen molar-refractivity contribution in [2.75, 3.05) is 18.0 Å². The number of alkyl halides is 3. The van der Waals surface area contributed by atoms with Gasteiger partial charge in [-0.3, -0.25) is 0 Å². The molecule has 0 unspecified atom stereocenters. The van der Waals surface area contributed by atoms with E-state index in [0.717, 1.165) is 32.0 Å². The standard InChI is InChI=1S/C12H12Cl2F3N/c1-7-8(12(15,16)17)6-9(13)10(14)11(7)18-4-2-3-5-18/h6H,2-5H2,1H3. The Labute approximate surface area is 113 Å². The van der Waals surface area contributed by atoms with Gasteiger partial charge in [-0.2, -0.15) is 13.2 Å². The summed E-state index contributed by atoms with van der Waals surface area (Å²) in [7, 11) is 0. The van der Waals surface area contributed by atoms with Gasteiger partial charge in [-0.25, -0.2) is 0 Å². The molecule has 18 heavy (non-hydrogen) atoms. The molecule has 0 radical (unpaired) electrons. The third-order valence-corrected chi connectivity index (χ3v) is 3.95. The Morgan fingerprint density at radius 2 is 1.72 bits per heavy atom. The van der Waals surface area contributed by atoms with Crippen molar-refractivity contribution in [2.45, 2.75) is 25.9 Å². The van der Waals surface area contributed by atoms with Gasteiger partial charge in [0.1, 0.15) is 0 Å². The van der Waals surface area contributed by atoms with E-state index in [2.05, 4.69) is 0 Å². The fourth-order valence-corrected chi connectivity index (χ4v) is 2.83. The zero-order valence-electron chi connectivity index (χ0n) is 9.74. The first-order valence-corrected chi connectivity index (χ1v) is 6.38. The Kier molecular flexibility index (Phi) is 3.70. The van der Waals surface area contributed by atoms with Gasteiger partial charge in [-0.1, -0.05) is 23.2 Å². The van der Waals surface area contributed by atoms with E-state index in [9.17, 15) is 13.2 Å². The molecule has 0 N–H and O–H groups in total.